The molecule has 0 amide bonds. The molecule has 2 heterocycles. The van der Waals surface area contributed by atoms with Crippen LogP contribution in [0.5, 0.6) is 0 Å². The Morgan fingerprint density at radius 1 is 0.314 bits per heavy atom. The molecule has 0 radical (unpaired) electrons. The van der Waals surface area contributed by atoms with E-state index in [-0.39, 0.29) is 0 Å². The summed E-state index contributed by atoms with van der Waals surface area (Å²) in [4.78, 5) is 15.1. The summed E-state index contributed by atoms with van der Waals surface area (Å²) in [5.41, 5.74) is 9.16. The number of aromatic nitrogens is 3. The van der Waals surface area contributed by atoms with Gasteiger partial charge in [0.1, 0.15) is 11.2 Å². The third-order valence-corrected chi connectivity index (χ3v) is 9.75. The molecule has 238 valence electrons. The quantitative estimate of drug-likeness (QED) is 0.186. The fraction of sp³-hybridized carbons (Fsp3) is 0. The first kappa shape index (κ1) is 29.0. The molecule has 0 spiro atoms. The molecule has 10 rings (SSSR count). The van der Waals surface area contributed by atoms with Gasteiger partial charge in [0.15, 0.2) is 17.5 Å². The van der Waals surface area contributed by atoms with Gasteiger partial charge in [-0.05, 0) is 62.0 Å². The van der Waals surface area contributed by atoms with E-state index in [1.807, 2.05) is 60.7 Å². The van der Waals surface area contributed by atoms with Crippen LogP contribution < -0.4 is 0 Å². The van der Waals surface area contributed by atoms with Gasteiger partial charge in [-0.25, -0.2) is 15.0 Å². The Bertz CT molecular complexity index is 2910. The lowest BCUT2D eigenvalue weighted by molar-refractivity contribution is 0.669. The van der Waals surface area contributed by atoms with E-state index >= 15 is 0 Å². The Morgan fingerprint density at radius 3 is 1.63 bits per heavy atom. The molecule has 0 bridgehead atoms. The minimum absolute atomic E-state index is 0.607. The van der Waals surface area contributed by atoms with Crippen LogP contribution >= 0.6 is 0 Å². The first-order chi connectivity index (χ1) is 25.3. The van der Waals surface area contributed by atoms with E-state index in [0.29, 0.717) is 17.5 Å². The molecule has 0 unspecified atom stereocenters. The smallest absolute Gasteiger partial charge is 0.164 e. The zero-order chi connectivity index (χ0) is 33.7. The fourth-order valence-electron chi connectivity index (χ4n) is 7.27. The second-order valence-electron chi connectivity index (χ2n) is 12.8. The Morgan fingerprint density at radius 2 is 0.843 bits per heavy atom. The van der Waals surface area contributed by atoms with Crippen molar-refractivity contribution in [1.82, 2.24) is 15.0 Å². The Balaban J connectivity index is 1.08. The molecule has 0 atom stereocenters. The van der Waals surface area contributed by atoms with Gasteiger partial charge in [0.2, 0.25) is 0 Å². The summed E-state index contributed by atoms with van der Waals surface area (Å²) in [6.07, 6.45) is 0. The van der Waals surface area contributed by atoms with Crippen molar-refractivity contribution in [2.45, 2.75) is 0 Å². The number of hydrogen-bond acceptors (Lipinski definition) is 4. The van der Waals surface area contributed by atoms with Gasteiger partial charge < -0.3 is 4.42 Å². The summed E-state index contributed by atoms with van der Waals surface area (Å²) >= 11 is 0. The number of nitrogens with zero attached hydrogens (tertiary/aromatic N) is 3. The summed E-state index contributed by atoms with van der Waals surface area (Å²) in [7, 11) is 0. The van der Waals surface area contributed by atoms with Crippen molar-refractivity contribution in [1.29, 1.82) is 0 Å². The van der Waals surface area contributed by atoms with E-state index in [9.17, 15) is 0 Å². The zero-order valence-corrected chi connectivity index (χ0v) is 27.5. The summed E-state index contributed by atoms with van der Waals surface area (Å²) in [5.74, 6) is 1.85. The van der Waals surface area contributed by atoms with Crippen LogP contribution in [-0.2, 0) is 0 Å². The van der Waals surface area contributed by atoms with Crippen molar-refractivity contribution in [2.75, 3.05) is 0 Å². The average molecular weight is 652 g/mol. The molecule has 0 N–H and O–H groups in total. The van der Waals surface area contributed by atoms with Gasteiger partial charge in [0.05, 0.1) is 0 Å². The molecule has 0 saturated carbocycles. The lowest BCUT2D eigenvalue weighted by atomic mass is 9.92. The predicted molar refractivity (Wildman–Crippen MR) is 209 cm³/mol. The van der Waals surface area contributed by atoms with E-state index in [1.165, 1.54) is 38.2 Å². The minimum Gasteiger partial charge on any atom is -0.456 e. The highest BCUT2D eigenvalue weighted by Crippen LogP contribution is 2.38. The van der Waals surface area contributed by atoms with Crippen LogP contribution in [0.2, 0.25) is 0 Å². The van der Waals surface area contributed by atoms with Gasteiger partial charge in [-0.3, -0.25) is 0 Å². The lowest BCUT2D eigenvalue weighted by Crippen LogP contribution is -2.00. The van der Waals surface area contributed by atoms with Gasteiger partial charge in [0, 0.05) is 27.5 Å². The average Bonchev–Trinajstić information content (AvgIpc) is 3.59. The van der Waals surface area contributed by atoms with Crippen LogP contribution in [-0.4, -0.2) is 15.0 Å². The molecular formula is C47H29N3O. The fourth-order valence-corrected chi connectivity index (χ4v) is 7.27. The number of hydrogen-bond donors (Lipinski definition) is 0. The lowest BCUT2D eigenvalue weighted by Gasteiger charge is -2.13. The van der Waals surface area contributed by atoms with Crippen LogP contribution in [0, 0.1) is 0 Å². The van der Waals surface area contributed by atoms with Crippen LogP contribution in [0.3, 0.4) is 0 Å². The van der Waals surface area contributed by atoms with Crippen molar-refractivity contribution in [2.24, 2.45) is 0 Å². The van der Waals surface area contributed by atoms with Gasteiger partial charge in [-0.1, -0.05) is 158 Å². The van der Waals surface area contributed by atoms with E-state index in [1.54, 1.807) is 0 Å². The Hall–Kier alpha value is -6.91. The SMILES string of the molecule is c1ccc(-c2nc(-c3ccc(-c4cccc5c(-c6ccc7ccccc7c6)cccc45)cc3)nc(-c3cccc4oc5ccccc5c34)n2)cc1. The summed E-state index contributed by atoms with van der Waals surface area (Å²) in [5, 5.41) is 6.96. The largest absolute Gasteiger partial charge is 0.456 e. The van der Waals surface area contributed by atoms with Gasteiger partial charge in [-0.15, -0.1) is 0 Å². The number of rotatable bonds is 5. The molecule has 4 heteroatoms. The van der Waals surface area contributed by atoms with Gasteiger partial charge in [0.25, 0.3) is 0 Å². The monoisotopic (exact) mass is 651 g/mol. The first-order valence-electron chi connectivity index (χ1n) is 17.1. The number of para-hydroxylation sites is 1. The molecule has 8 aromatic carbocycles. The number of furan rings is 1. The maximum atomic E-state index is 6.21. The Kier molecular flexibility index (Phi) is 6.78. The molecule has 10 aromatic rings. The summed E-state index contributed by atoms with van der Waals surface area (Å²) < 4.78 is 6.21. The van der Waals surface area contributed by atoms with Crippen LogP contribution in [0.1, 0.15) is 0 Å². The number of fused-ring (bicyclic) bond motifs is 5. The van der Waals surface area contributed by atoms with E-state index in [4.69, 9.17) is 19.4 Å². The van der Waals surface area contributed by atoms with Crippen molar-refractivity contribution in [3.63, 3.8) is 0 Å². The number of benzene rings is 8. The molecule has 4 nitrogen and oxygen atoms in total. The molecule has 0 aliphatic carbocycles. The standard InChI is InChI=1S/C47H29N3O/c1-2-12-32(13-3-1)45-48-46(50-47(49-45)41-20-10-22-43-44(41)40-15-6-7-21-42(40)51-43)33-26-24-31(25-27-33)36-16-8-19-39-37(17-9-18-38(36)39)35-28-23-30-11-4-5-14-34(30)29-35/h1-29H. The maximum Gasteiger partial charge on any atom is 0.164 e. The topological polar surface area (TPSA) is 51.8 Å². The van der Waals surface area contributed by atoms with Crippen molar-refractivity contribution < 1.29 is 4.42 Å². The zero-order valence-electron chi connectivity index (χ0n) is 27.5. The summed E-state index contributed by atoms with van der Waals surface area (Å²) in [6, 6.07) is 61.2. The second-order valence-corrected chi connectivity index (χ2v) is 12.8. The molecule has 0 saturated heterocycles. The van der Waals surface area contributed by atoms with Gasteiger partial charge in [-0.2, -0.15) is 0 Å². The third-order valence-electron chi connectivity index (χ3n) is 9.75. The van der Waals surface area contributed by atoms with E-state index in [2.05, 4.69) is 115 Å². The highest BCUT2D eigenvalue weighted by atomic mass is 16.3. The second kappa shape index (κ2) is 11.9. The van der Waals surface area contributed by atoms with Crippen molar-refractivity contribution in [3.8, 4) is 56.4 Å². The molecule has 2 aromatic heterocycles. The van der Waals surface area contributed by atoms with Crippen LogP contribution in [0.4, 0.5) is 0 Å². The highest BCUT2D eigenvalue weighted by molar-refractivity contribution is 6.12. The predicted octanol–water partition coefficient (Wildman–Crippen LogP) is 12.4. The molecule has 0 aliphatic rings. The van der Waals surface area contributed by atoms with E-state index < -0.39 is 0 Å². The van der Waals surface area contributed by atoms with E-state index in [0.717, 1.165) is 44.2 Å². The van der Waals surface area contributed by atoms with Crippen molar-refractivity contribution >= 4 is 43.5 Å². The molecule has 0 fully saturated rings. The summed E-state index contributed by atoms with van der Waals surface area (Å²) in [6.45, 7) is 0. The molecule has 51 heavy (non-hydrogen) atoms. The third kappa shape index (κ3) is 5.04. The maximum absolute atomic E-state index is 6.21. The normalized spacial score (nSPS) is 11.5. The van der Waals surface area contributed by atoms with Crippen molar-refractivity contribution in [3.05, 3.63) is 176 Å². The van der Waals surface area contributed by atoms with Crippen LogP contribution in [0.15, 0.2) is 180 Å². The minimum atomic E-state index is 0.607. The molecule has 0 aliphatic heterocycles. The first-order valence-corrected chi connectivity index (χ1v) is 17.1. The Labute approximate surface area is 294 Å². The highest BCUT2D eigenvalue weighted by Gasteiger charge is 2.18. The molecular weight excluding hydrogens is 623 g/mol. The van der Waals surface area contributed by atoms with Gasteiger partial charge >= 0.3 is 0 Å². The van der Waals surface area contributed by atoms with Crippen LogP contribution in [0.25, 0.3) is 99.9 Å².